The first-order chi connectivity index (χ1) is 9.15. The first kappa shape index (κ1) is 13.9. The van der Waals surface area contributed by atoms with Crippen molar-refractivity contribution in [2.24, 2.45) is 0 Å². The molecule has 6 heteroatoms. The molecule has 1 atom stereocenters. The quantitative estimate of drug-likeness (QED) is 0.904. The van der Waals surface area contributed by atoms with E-state index in [0.717, 1.165) is 5.56 Å². The van der Waals surface area contributed by atoms with Gasteiger partial charge in [0.05, 0.1) is 12.5 Å². The van der Waals surface area contributed by atoms with Crippen molar-refractivity contribution < 1.29 is 19.4 Å². The van der Waals surface area contributed by atoms with Gasteiger partial charge < -0.3 is 14.7 Å². The first-order valence-electron chi connectivity index (χ1n) is 5.83. The molecule has 1 amide bonds. The predicted octanol–water partition coefficient (Wildman–Crippen LogP) is 1.43. The summed E-state index contributed by atoms with van der Waals surface area (Å²) in [6, 6.07) is 6.38. The van der Waals surface area contributed by atoms with Gasteiger partial charge in [0.1, 0.15) is 6.04 Å². The smallest absolute Gasteiger partial charge is 0.327 e. The highest BCUT2D eigenvalue weighted by molar-refractivity contribution is 7.99. The van der Waals surface area contributed by atoms with Crippen molar-refractivity contribution in [3.8, 4) is 0 Å². The lowest BCUT2D eigenvalue weighted by Crippen LogP contribution is -2.42. The Kier molecular flexibility index (Phi) is 4.44. The highest BCUT2D eigenvalue weighted by Crippen LogP contribution is 2.24. The third-order valence-corrected chi connectivity index (χ3v) is 3.99. The largest absolute Gasteiger partial charge is 0.480 e. The van der Waals surface area contributed by atoms with Crippen molar-refractivity contribution in [2.45, 2.75) is 12.6 Å². The van der Waals surface area contributed by atoms with Gasteiger partial charge in [-0.25, -0.2) is 4.79 Å². The number of carboxylic acid groups (broad SMARTS) is 1. The molecule has 0 aliphatic carbocycles. The van der Waals surface area contributed by atoms with Gasteiger partial charge in [0.15, 0.2) is 0 Å². The van der Waals surface area contributed by atoms with Crippen LogP contribution in [0, 0.1) is 0 Å². The third kappa shape index (κ3) is 2.90. The molecule has 0 radical (unpaired) electrons. The van der Waals surface area contributed by atoms with E-state index in [1.165, 1.54) is 16.7 Å². The van der Waals surface area contributed by atoms with Gasteiger partial charge in [-0.1, -0.05) is 18.2 Å². The molecule has 2 rings (SSSR count). The predicted molar refractivity (Wildman–Crippen MR) is 72.1 cm³/mol. The number of aliphatic carboxylic acids is 1. The van der Waals surface area contributed by atoms with Crippen molar-refractivity contribution >= 4 is 23.6 Å². The van der Waals surface area contributed by atoms with Crippen LogP contribution in [0.4, 0.5) is 0 Å². The summed E-state index contributed by atoms with van der Waals surface area (Å²) in [6.07, 6.45) is 0. The van der Waals surface area contributed by atoms with Gasteiger partial charge in [0, 0.05) is 18.4 Å². The summed E-state index contributed by atoms with van der Waals surface area (Å²) in [7, 11) is 1.56. The molecule has 0 saturated carbocycles. The number of carbonyl (C=O) groups is 2. The summed E-state index contributed by atoms with van der Waals surface area (Å²) < 4.78 is 5.06. The van der Waals surface area contributed by atoms with Gasteiger partial charge >= 0.3 is 5.97 Å². The summed E-state index contributed by atoms with van der Waals surface area (Å²) in [5.41, 5.74) is 1.29. The minimum absolute atomic E-state index is 0.245. The van der Waals surface area contributed by atoms with E-state index in [1.807, 2.05) is 12.1 Å². The van der Waals surface area contributed by atoms with Gasteiger partial charge in [0.2, 0.25) is 0 Å². The Bertz CT molecular complexity index is 491. The van der Waals surface area contributed by atoms with Crippen LogP contribution in [0.3, 0.4) is 0 Å². The van der Waals surface area contributed by atoms with E-state index in [4.69, 9.17) is 9.84 Å². The van der Waals surface area contributed by atoms with Gasteiger partial charge in [-0.3, -0.25) is 4.79 Å². The van der Waals surface area contributed by atoms with Crippen LogP contribution in [0.25, 0.3) is 0 Å². The zero-order chi connectivity index (χ0) is 13.8. The summed E-state index contributed by atoms with van der Waals surface area (Å²) >= 11 is 1.45. The number of rotatable bonds is 4. The fourth-order valence-corrected chi connectivity index (χ4v) is 3.16. The number of benzene rings is 1. The van der Waals surface area contributed by atoms with Crippen molar-refractivity contribution in [1.29, 1.82) is 0 Å². The van der Waals surface area contributed by atoms with Gasteiger partial charge in [0.25, 0.3) is 5.91 Å². The number of nitrogens with zero attached hydrogens (tertiary/aromatic N) is 1. The summed E-state index contributed by atoms with van der Waals surface area (Å²) in [6.45, 7) is 0.334. The number of carboxylic acids is 1. The molecule has 1 heterocycles. The molecule has 1 aliphatic heterocycles. The molecule has 0 bridgehead atoms. The maximum absolute atomic E-state index is 12.5. The van der Waals surface area contributed by atoms with Crippen LogP contribution < -0.4 is 0 Å². The number of amides is 1. The number of methoxy groups -OCH3 is 1. The Balaban J connectivity index is 2.26. The Morgan fingerprint density at radius 2 is 2.21 bits per heavy atom. The molecular weight excluding hydrogens is 266 g/mol. The molecule has 1 aromatic carbocycles. The highest BCUT2D eigenvalue weighted by atomic mass is 32.2. The lowest BCUT2D eigenvalue weighted by atomic mass is 10.1. The van der Waals surface area contributed by atoms with Crippen LogP contribution in [0.2, 0.25) is 0 Å². The van der Waals surface area contributed by atoms with E-state index in [2.05, 4.69) is 0 Å². The van der Waals surface area contributed by atoms with Gasteiger partial charge in [-0.05, 0) is 11.6 Å². The number of hydrogen-bond acceptors (Lipinski definition) is 4. The molecule has 102 valence electrons. The Labute approximate surface area is 115 Å². The maximum atomic E-state index is 12.5. The minimum Gasteiger partial charge on any atom is -0.480 e. The molecule has 1 N–H and O–H groups in total. The standard InChI is InChI=1S/C13H15NO4S/c1-18-6-9-4-2-3-5-10(9)12(15)14-8-19-7-11(14)13(16)17/h2-5,11H,6-8H2,1H3,(H,16,17)/t11-/m0/s1. The Hall–Kier alpha value is -1.53. The molecule has 19 heavy (non-hydrogen) atoms. The fourth-order valence-electron chi connectivity index (χ4n) is 2.01. The number of ether oxygens (including phenoxy) is 1. The van der Waals surface area contributed by atoms with E-state index in [-0.39, 0.29) is 5.91 Å². The van der Waals surface area contributed by atoms with Gasteiger partial charge in [-0.15, -0.1) is 11.8 Å². The highest BCUT2D eigenvalue weighted by Gasteiger charge is 2.35. The van der Waals surface area contributed by atoms with Crippen molar-refractivity contribution in [3.05, 3.63) is 35.4 Å². The number of hydrogen-bond donors (Lipinski definition) is 1. The minimum atomic E-state index is -0.956. The summed E-state index contributed by atoms with van der Waals surface area (Å²) in [4.78, 5) is 25.0. The maximum Gasteiger partial charge on any atom is 0.327 e. The van der Waals surface area contributed by atoms with Crippen LogP contribution in [-0.2, 0) is 16.1 Å². The molecular formula is C13H15NO4S. The molecule has 0 aromatic heterocycles. The lowest BCUT2D eigenvalue weighted by molar-refractivity contribution is -0.140. The molecule has 1 saturated heterocycles. The summed E-state index contributed by atoms with van der Waals surface area (Å²) in [5, 5.41) is 9.12. The van der Waals surface area contributed by atoms with Gasteiger partial charge in [-0.2, -0.15) is 0 Å². The second-order valence-corrected chi connectivity index (χ2v) is 5.22. The second-order valence-electron chi connectivity index (χ2n) is 4.22. The number of carbonyl (C=O) groups excluding carboxylic acids is 1. The Morgan fingerprint density at radius 3 is 2.89 bits per heavy atom. The molecule has 1 aliphatic rings. The average molecular weight is 281 g/mol. The average Bonchev–Trinajstić information content (AvgIpc) is 2.88. The summed E-state index contributed by atoms with van der Waals surface area (Å²) in [5.74, 6) is -0.349. The topological polar surface area (TPSA) is 66.8 Å². The molecule has 1 aromatic rings. The zero-order valence-corrected chi connectivity index (χ0v) is 11.4. The van der Waals surface area contributed by atoms with Crippen molar-refractivity contribution in [2.75, 3.05) is 18.7 Å². The normalized spacial score (nSPS) is 18.6. The number of thioether (sulfide) groups is 1. The molecule has 5 nitrogen and oxygen atoms in total. The van der Waals surface area contributed by atoms with Crippen molar-refractivity contribution in [1.82, 2.24) is 4.90 Å². The van der Waals surface area contributed by atoms with E-state index in [1.54, 1.807) is 19.2 Å². The monoisotopic (exact) mass is 281 g/mol. The van der Waals surface area contributed by atoms with Crippen LogP contribution in [0.1, 0.15) is 15.9 Å². The third-order valence-electron chi connectivity index (χ3n) is 2.98. The van der Waals surface area contributed by atoms with E-state index in [0.29, 0.717) is 23.8 Å². The Morgan fingerprint density at radius 1 is 1.47 bits per heavy atom. The first-order valence-corrected chi connectivity index (χ1v) is 6.99. The van der Waals surface area contributed by atoms with E-state index in [9.17, 15) is 9.59 Å². The SMILES string of the molecule is COCc1ccccc1C(=O)N1CSC[C@H]1C(=O)O. The van der Waals surface area contributed by atoms with E-state index >= 15 is 0 Å². The molecule has 0 unspecified atom stereocenters. The van der Waals surface area contributed by atoms with Crippen molar-refractivity contribution in [3.63, 3.8) is 0 Å². The van der Waals surface area contributed by atoms with Crippen LogP contribution in [-0.4, -0.2) is 46.7 Å². The second kappa shape index (κ2) is 6.08. The lowest BCUT2D eigenvalue weighted by Gasteiger charge is -2.21. The van der Waals surface area contributed by atoms with Crippen LogP contribution in [0.15, 0.2) is 24.3 Å². The van der Waals surface area contributed by atoms with Crippen LogP contribution >= 0.6 is 11.8 Å². The molecule has 0 spiro atoms. The zero-order valence-electron chi connectivity index (χ0n) is 10.5. The fraction of sp³-hybridized carbons (Fsp3) is 0.385. The molecule has 1 fully saturated rings. The van der Waals surface area contributed by atoms with E-state index < -0.39 is 12.0 Å². The van der Waals surface area contributed by atoms with Crippen LogP contribution in [0.5, 0.6) is 0 Å².